The van der Waals surface area contributed by atoms with Gasteiger partial charge in [0.05, 0.1) is 4.92 Å². The van der Waals surface area contributed by atoms with Crippen molar-refractivity contribution in [3.63, 3.8) is 0 Å². The first-order valence-corrected chi connectivity index (χ1v) is 7.77. The Bertz CT molecular complexity index is 851. The molecule has 0 aliphatic carbocycles. The highest BCUT2D eigenvalue weighted by Gasteiger charge is 2.40. The van der Waals surface area contributed by atoms with Crippen LogP contribution in [-0.4, -0.2) is 55.2 Å². The fraction of sp³-hybridized carbons (Fsp3) is 0.375. The zero-order valence-electron chi connectivity index (χ0n) is 13.3. The van der Waals surface area contributed by atoms with E-state index >= 15 is 0 Å². The van der Waals surface area contributed by atoms with Crippen molar-refractivity contribution in [3.8, 4) is 0 Å². The third-order valence-corrected chi connectivity index (χ3v) is 4.61. The van der Waals surface area contributed by atoms with E-state index in [0.717, 1.165) is 0 Å². The number of amides is 1. The third-order valence-electron chi connectivity index (χ3n) is 4.61. The number of carboxylic acid groups (broad SMARTS) is 1. The quantitative estimate of drug-likeness (QED) is 0.627. The van der Waals surface area contributed by atoms with Crippen molar-refractivity contribution in [2.24, 2.45) is 0 Å². The van der Waals surface area contributed by atoms with E-state index in [9.17, 15) is 24.8 Å². The normalized spacial score (nSPS) is 16.8. The Labute approximate surface area is 142 Å². The van der Waals surface area contributed by atoms with Crippen LogP contribution < -0.4 is 0 Å². The third kappa shape index (κ3) is 3.18. The van der Waals surface area contributed by atoms with Crippen LogP contribution in [0.3, 0.4) is 0 Å². The van der Waals surface area contributed by atoms with Crippen LogP contribution in [0.5, 0.6) is 0 Å². The smallest absolute Gasteiger partial charge is 0.335 e. The minimum atomic E-state index is -1.77. The Balaban J connectivity index is 1.71. The lowest BCUT2D eigenvalue weighted by molar-refractivity contribution is -0.384. The molecular formula is C16H17N3O6. The number of hydrogen-bond acceptors (Lipinski definition) is 5. The maximum atomic E-state index is 12.4. The first kappa shape index (κ1) is 16.9. The van der Waals surface area contributed by atoms with Gasteiger partial charge in [-0.1, -0.05) is 0 Å². The van der Waals surface area contributed by atoms with E-state index in [1.54, 1.807) is 22.9 Å². The van der Waals surface area contributed by atoms with Crippen LogP contribution in [-0.2, 0) is 16.1 Å². The molecule has 1 amide bonds. The topological polar surface area (TPSA) is 126 Å². The van der Waals surface area contributed by atoms with Gasteiger partial charge in [-0.2, -0.15) is 0 Å². The van der Waals surface area contributed by atoms with E-state index in [-0.39, 0.29) is 44.1 Å². The molecule has 0 saturated carbocycles. The highest BCUT2D eigenvalue weighted by atomic mass is 16.6. The van der Waals surface area contributed by atoms with Gasteiger partial charge >= 0.3 is 5.97 Å². The number of carbonyl (C=O) groups excluding carboxylic acids is 1. The van der Waals surface area contributed by atoms with Gasteiger partial charge in [0.15, 0.2) is 5.60 Å². The SMILES string of the molecule is O=C(Cn1ccc2cc([N+](=O)[O-])ccc21)N1CCC(O)(C(=O)O)CC1. The molecule has 1 aliphatic rings. The summed E-state index contributed by atoms with van der Waals surface area (Å²) in [5.74, 6) is -1.46. The van der Waals surface area contributed by atoms with Crippen LogP contribution in [0.2, 0.25) is 0 Å². The number of aliphatic hydroxyl groups is 1. The van der Waals surface area contributed by atoms with E-state index in [4.69, 9.17) is 5.11 Å². The number of hydrogen-bond donors (Lipinski definition) is 2. The molecule has 0 spiro atoms. The molecule has 0 unspecified atom stereocenters. The van der Waals surface area contributed by atoms with Gasteiger partial charge in [0.1, 0.15) is 6.54 Å². The summed E-state index contributed by atoms with van der Waals surface area (Å²) >= 11 is 0. The molecule has 3 rings (SSSR count). The number of nitro groups is 1. The average Bonchev–Trinajstić information content (AvgIpc) is 2.97. The molecule has 1 aromatic carbocycles. The van der Waals surface area contributed by atoms with Gasteiger partial charge in [-0.05, 0) is 12.1 Å². The summed E-state index contributed by atoms with van der Waals surface area (Å²) in [5.41, 5.74) is -1.07. The van der Waals surface area contributed by atoms with Crippen LogP contribution in [0.1, 0.15) is 12.8 Å². The molecule has 1 aromatic heterocycles. The predicted octanol–water partition coefficient (Wildman–Crippen LogP) is 0.988. The van der Waals surface area contributed by atoms with Crippen LogP contribution in [0.4, 0.5) is 5.69 Å². The van der Waals surface area contributed by atoms with Gasteiger partial charge in [0, 0.05) is 55.2 Å². The van der Waals surface area contributed by atoms with Crippen molar-refractivity contribution >= 4 is 28.5 Å². The van der Waals surface area contributed by atoms with Gasteiger partial charge in [-0.25, -0.2) is 4.79 Å². The standard InChI is InChI=1S/C16H17N3O6/c20-14(17-7-4-16(23,5-8-17)15(21)22)10-18-6-3-11-9-12(19(24)25)1-2-13(11)18/h1-3,6,9,23H,4-5,7-8,10H2,(H,21,22). The largest absolute Gasteiger partial charge is 0.479 e. The number of aromatic nitrogens is 1. The molecule has 0 radical (unpaired) electrons. The Hall–Kier alpha value is -2.94. The van der Waals surface area contributed by atoms with Crippen LogP contribution in [0.25, 0.3) is 10.9 Å². The number of benzene rings is 1. The van der Waals surface area contributed by atoms with E-state index < -0.39 is 16.5 Å². The van der Waals surface area contributed by atoms with Crippen LogP contribution in [0.15, 0.2) is 30.5 Å². The number of fused-ring (bicyclic) bond motifs is 1. The van der Waals surface area contributed by atoms with Gasteiger partial charge in [-0.3, -0.25) is 14.9 Å². The van der Waals surface area contributed by atoms with E-state index in [0.29, 0.717) is 10.9 Å². The molecule has 2 aromatic rings. The lowest BCUT2D eigenvalue weighted by atomic mass is 9.91. The first-order chi connectivity index (χ1) is 11.8. The van der Waals surface area contributed by atoms with Crippen molar-refractivity contribution in [3.05, 3.63) is 40.6 Å². The highest BCUT2D eigenvalue weighted by Crippen LogP contribution is 2.24. The first-order valence-electron chi connectivity index (χ1n) is 7.77. The Morgan fingerprint density at radius 3 is 2.52 bits per heavy atom. The number of piperidine rings is 1. The number of likely N-dealkylation sites (tertiary alicyclic amines) is 1. The number of carboxylic acids is 1. The van der Waals surface area contributed by atoms with Crippen molar-refractivity contribution in [1.29, 1.82) is 0 Å². The summed E-state index contributed by atoms with van der Waals surface area (Å²) < 4.78 is 1.69. The number of carbonyl (C=O) groups is 2. The molecule has 9 heteroatoms. The van der Waals surface area contributed by atoms with Crippen molar-refractivity contribution in [2.45, 2.75) is 25.0 Å². The molecular weight excluding hydrogens is 330 g/mol. The fourth-order valence-electron chi connectivity index (χ4n) is 3.02. The van der Waals surface area contributed by atoms with Crippen LogP contribution in [0, 0.1) is 10.1 Å². The minimum Gasteiger partial charge on any atom is -0.479 e. The number of aliphatic carboxylic acids is 1. The zero-order valence-corrected chi connectivity index (χ0v) is 13.3. The number of nitrogens with zero attached hydrogens (tertiary/aromatic N) is 3. The molecule has 132 valence electrons. The van der Waals surface area contributed by atoms with Gasteiger partial charge in [0.2, 0.25) is 5.91 Å². The molecule has 2 heterocycles. The summed E-state index contributed by atoms with van der Waals surface area (Å²) in [6.45, 7) is 0.394. The molecule has 0 atom stereocenters. The van der Waals surface area contributed by atoms with E-state index in [1.807, 2.05) is 0 Å². The summed E-state index contributed by atoms with van der Waals surface area (Å²) in [6.07, 6.45) is 1.67. The predicted molar refractivity (Wildman–Crippen MR) is 87.0 cm³/mol. The molecule has 0 bridgehead atoms. The Morgan fingerprint density at radius 2 is 1.92 bits per heavy atom. The second-order valence-electron chi connectivity index (χ2n) is 6.16. The van der Waals surface area contributed by atoms with E-state index in [2.05, 4.69) is 0 Å². The van der Waals surface area contributed by atoms with Gasteiger partial charge < -0.3 is 19.7 Å². The average molecular weight is 347 g/mol. The fourth-order valence-corrected chi connectivity index (χ4v) is 3.02. The lowest BCUT2D eigenvalue weighted by Gasteiger charge is -2.35. The maximum absolute atomic E-state index is 12.4. The van der Waals surface area contributed by atoms with Crippen molar-refractivity contribution in [1.82, 2.24) is 9.47 Å². The number of non-ortho nitro benzene ring substituents is 1. The summed E-state index contributed by atoms with van der Waals surface area (Å²) in [6, 6.07) is 6.14. The second-order valence-corrected chi connectivity index (χ2v) is 6.16. The van der Waals surface area contributed by atoms with Crippen LogP contribution >= 0.6 is 0 Å². The molecule has 1 fully saturated rings. The number of rotatable bonds is 4. The van der Waals surface area contributed by atoms with Gasteiger partial charge in [0.25, 0.3) is 5.69 Å². The monoisotopic (exact) mass is 347 g/mol. The summed E-state index contributed by atoms with van der Waals surface area (Å²) in [7, 11) is 0. The summed E-state index contributed by atoms with van der Waals surface area (Å²) in [5, 5.41) is 30.4. The second kappa shape index (κ2) is 6.17. The zero-order chi connectivity index (χ0) is 18.2. The molecule has 1 aliphatic heterocycles. The summed E-state index contributed by atoms with van der Waals surface area (Å²) in [4.78, 5) is 35.3. The number of nitro benzene ring substituents is 1. The van der Waals surface area contributed by atoms with E-state index in [1.165, 1.54) is 17.0 Å². The molecule has 25 heavy (non-hydrogen) atoms. The Morgan fingerprint density at radius 1 is 1.24 bits per heavy atom. The lowest BCUT2D eigenvalue weighted by Crippen LogP contribution is -2.51. The minimum absolute atomic E-state index is 0.00725. The maximum Gasteiger partial charge on any atom is 0.335 e. The highest BCUT2D eigenvalue weighted by molar-refractivity contribution is 5.85. The van der Waals surface area contributed by atoms with Crippen molar-refractivity contribution in [2.75, 3.05) is 13.1 Å². The molecule has 1 saturated heterocycles. The Kier molecular flexibility index (Phi) is 4.17. The molecule has 9 nitrogen and oxygen atoms in total. The van der Waals surface area contributed by atoms with Gasteiger partial charge in [-0.15, -0.1) is 0 Å². The van der Waals surface area contributed by atoms with Crippen molar-refractivity contribution < 1.29 is 24.7 Å². The molecule has 2 N–H and O–H groups in total.